The van der Waals surface area contributed by atoms with Crippen LogP contribution in [0, 0.1) is 0 Å². The Morgan fingerprint density at radius 2 is 2.15 bits per heavy atom. The van der Waals surface area contributed by atoms with Gasteiger partial charge in [0.15, 0.2) is 15.6 Å². The van der Waals surface area contributed by atoms with Gasteiger partial charge >= 0.3 is 5.97 Å². The SMILES string of the molecule is COc1ccc(S(=O)(=O)Cc2ccno2)cc1C(=O)O. The number of hydrogen-bond donors (Lipinski definition) is 1. The molecule has 0 aliphatic carbocycles. The van der Waals surface area contributed by atoms with Crippen molar-refractivity contribution in [3.63, 3.8) is 0 Å². The Hall–Kier alpha value is -2.35. The van der Waals surface area contributed by atoms with Crippen molar-refractivity contribution in [1.29, 1.82) is 0 Å². The number of nitrogens with zero attached hydrogens (tertiary/aromatic N) is 1. The first-order valence-electron chi connectivity index (χ1n) is 5.47. The Labute approximate surface area is 114 Å². The monoisotopic (exact) mass is 297 g/mol. The zero-order valence-corrected chi connectivity index (χ0v) is 11.3. The molecule has 8 heteroatoms. The highest BCUT2D eigenvalue weighted by Crippen LogP contribution is 2.24. The van der Waals surface area contributed by atoms with Crippen LogP contribution in [0.4, 0.5) is 0 Å². The maximum Gasteiger partial charge on any atom is 0.339 e. The summed E-state index contributed by atoms with van der Waals surface area (Å²) in [6.07, 6.45) is 1.33. The molecule has 0 saturated heterocycles. The van der Waals surface area contributed by atoms with Crippen LogP contribution in [0.3, 0.4) is 0 Å². The lowest BCUT2D eigenvalue weighted by atomic mass is 10.2. The summed E-state index contributed by atoms with van der Waals surface area (Å²) in [6.45, 7) is 0. The number of rotatable bonds is 5. The van der Waals surface area contributed by atoms with Gasteiger partial charge < -0.3 is 14.4 Å². The van der Waals surface area contributed by atoms with Crippen LogP contribution in [0.1, 0.15) is 16.1 Å². The summed E-state index contributed by atoms with van der Waals surface area (Å²) in [5, 5.41) is 12.5. The smallest absolute Gasteiger partial charge is 0.339 e. The third-order valence-electron chi connectivity index (χ3n) is 2.58. The van der Waals surface area contributed by atoms with Crippen molar-refractivity contribution in [1.82, 2.24) is 5.16 Å². The topological polar surface area (TPSA) is 107 Å². The lowest BCUT2D eigenvalue weighted by Gasteiger charge is -2.07. The number of aromatic carboxylic acids is 1. The summed E-state index contributed by atoms with van der Waals surface area (Å²) >= 11 is 0. The highest BCUT2D eigenvalue weighted by molar-refractivity contribution is 7.90. The van der Waals surface area contributed by atoms with Crippen molar-refractivity contribution in [2.24, 2.45) is 0 Å². The number of carbonyl (C=O) groups is 1. The largest absolute Gasteiger partial charge is 0.496 e. The predicted molar refractivity (Wildman–Crippen MR) is 67.3 cm³/mol. The average Bonchev–Trinajstić information content (AvgIpc) is 2.89. The quantitative estimate of drug-likeness (QED) is 0.887. The van der Waals surface area contributed by atoms with Crippen molar-refractivity contribution in [3.8, 4) is 5.75 Å². The van der Waals surface area contributed by atoms with E-state index in [2.05, 4.69) is 5.16 Å². The third-order valence-corrected chi connectivity index (χ3v) is 4.22. The number of carboxylic acid groups (broad SMARTS) is 1. The third kappa shape index (κ3) is 2.80. The average molecular weight is 297 g/mol. The van der Waals surface area contributed by atoms with E-state index in [1.807, 2.05) is 0 Å². The molecule has 0 radical (unpaired) electrons. The van der Waals surface area contributed by atoms with Gasteiger partial charge in [-0.1, -0.05) is 5.16 Å². The number of carboxylic acids is 1. The fourth-order valence-electron chi connectivity index (χ4n) is 1.63. The predicted octanol–water partition coefficient (Wildman–Crippen LogP) is 1.36. The van der Waals surface area contributed by atoms with Crippen molar-refractivity contribution >= 4 is 15.8 Å². The normalized spacial score (nSPS) is 11.2. The first-order chi connectivity index (χ1) is 9.44. The molecule has 7 nitrogen and oxygen atoms in total. The van der Waals surface area contributed by atoms with Crippen LogP contribution in [-0.4, -0.2) is 31.8 Å². The zero-order chi connectivity index (χ0) is 14.8. The van der Waals surface area contributed by atoms with Gasteiger partial charge in [0.1, 0.15) is 17.1 Å². The molecule has 0 spiro atoms. The van der Waals surface area contributed by atoms with Gasteiger partial charge in [-0.25, -0.2) is 13.2 Å². The van der Waals surface area contributed by atoms with E-state index in [9.17, 15) is 13.2 Å². The molecule has 0 bridgehead atoms. The van der Waals surface area contributed by atoms with Gasteiger partial charge in [-0.15, -0.1) is 0 Å². The summed E-state index contributed by atoms with van der Waals surface area (Å²) in [5.41, 5.74) is -0.217. The minimum Gasteiger partial charge on any atom is -0.496 e. The van der Waals surface area contributed by atoms with Crippen molar-refractivity contribution in [3.05, 3.63) is 41.8 Å². The first kappa shape index (κ1) is 14.1. The lowest BCUT2D eigenvalue weighted by molar-refractivity contribution is 0.0693. The van der Waals surface area contributed by atoms with Gasteiger partial charge in [-0.3, -0.25) is 0 Å². The molecular formula is C12H11NO6S. The molecule has 2 aromatic rings. The summed E-state index contributed by atoms with van der Waals surface area (Å²) in [4.78, 5) is 11.0. The van der Waals surface area contributed by atoms with Crippen LogP contribution >= 0.6 is 0 Å². The molecule has 0 atom stereocenters. The summed E-state index contributed by atoms with van der Waals surface area (Å²) < 4.78 is 33.9. The molecule has 2 rings (SSSR count). The van der Waals surface area contributed by atoms with Crippen molar-refractivity contribution < 1.29 is 27.6 Å². The van der Waals surface area contributed by atoms with E-state index in [4.69, 9.17) is 14.4 Å². The molecule has 0 unspecified atom stereocenters. The van der Waals surface area contributed by atoms with Crippen LogP contribution in [0.5, 0.6) is 5.75 Å². The number of sulfone groups is 1. The highest BCUT2D eigenvalue weighted by atomic mass is 32.2. The van der Waals surface area contributed by atoms with E-state index < -0.39 is 21.6 Å². The number of methoxy groups -OCH3 is 1. The van der Waals surface area contributed by atoms with Gasteiger partial charge in [-0.05, 0) is 18.2 Å². The standard InChI is InChI=1S/C12H11NO6S/c1-18-11-3-2-9(6-10(11)12(14)15)20(16,17)7-8-4-5-13-19-8/h2-6H,7H2,1H3,(H,14,15). The van der Waals surface area contributed by atoms with Crippen LogP contribution < -0.4 is 4.74 Å². The summed E-state index contributed by atoms with van der Waals surface area (Å²) in [7, 11) is -2.41. The van der Waals surface area contributed by atoms with Gasteiger partial charge in [0.25, 0.3) is 0 Å². The summed E-state index contributed by atoms with van der Waals surface area (Å²) in [6, 6.07) is 5.08. The van der Waals surface area contributed by atoms with E-state index in [0.717, 1.165) is 6.07 Å². The van der Waals surface area contributed by atoms with Gasteiger partial charge in [0.2, 0.25) is 0 Å². The Balaban J connectivity index is 2.42. The Morgan fingerprint density at radius 1 is 1.40 bits per heavy atom. The second kappa shape index (κ2) is 5.33. The molecule has 0 aliphatic heterocycles. The number of benzene rings is 1. The minimum atomic E-state index is -3.72. The fraction of sp³-hybridized carbons (Fsp3) is 0.167. The van der Waals surface area contributed by atoms with Crippen LogP contribution in [-0.2, 0) is 15.6 Å². The molecule has 106 valence electrons. The fourth-order valence-corrected chi connectivity index (χ4v) is 2.90. The van der Waals surface area contributed by atoms with E-state index in [-0.39, 0.29) is 22.0 Å². The molecule has 1 aromatic heterocycles. The van der Waals surface area contributed by atoms with Gasteiger partial charge in [0.05, 0.1) is 18.2 Å². The molecule has 1 N–H and O–H groups in total. The van der Waals surface area contributed by atoms with Crippen LogP contribution in [0.15, 0.2) is 39.9 Å². The Kier molecular flexibility index (Phi) is 3.75. The maximum atomic E-state index is 12.2. The number of ether oxygens (including phenoxy) is 1. The van der Waals surface area contributed by atoms with Gasteiger partial charge in [-0.2, -0.15) is 0 Å². The Bertz CT molecular complexity index is 720. The van der Waals surface area contributed by atoms with Crippen molar-refractivity contribution in [2.45, 2.75) is 10.6 Å². The second-order valence-corrected chi connectivity index (χ2v) is 5.89. The van der Waals surface area contributed by atoms with Gasteiger partial charge in [0, 0.05) is 6.07 Å². The van der Waals surface area contributed by atoms with E-state index >= 15 is 0 Å². The van der Waals surface area contributed by atoms with E-state index in [1.54, 1.807) is 0 Å². The lowest BCUT2D eigenvalue weighted by Crippen LogP contribution is -2.07. The minimum absolute atomic E-state index is 0.0936. The van der Waals surface area contributed by atoms with E-state index in [0.29, 0.717) is 0 Å². The molecular weight excluding hydrogens is 286 g/mol. The molecule has 1 aromatic carbocycles. The zero-order valence-electron chi connectivity index (χ0n) is 10.4. The van der Waals surface area contributed by atoms with Crippen LogP contribution in [0.2, 0.25) is 0 Å². The number of hydrogen-bond acceptors (Lipinski definition) is 6. The molecule has 0 amide bonds. The first-order valence-corrected chi connectivity index (χ1v) is 7.13. The van der Waals surface area contributed by atoms with Crippen molar-refractivity contribution in [2.75, 3.05) is 7.11 Å². The summed E-state index contributed by atoms with van der Waals surface area (Å²) in [5.74, 6) is -1.38. The number of aromatic nitrogens is 1. The second-order valence-electron chi connectivity index (χ2n) is 3.91. The molecule has 0 fully saturated rings. The van der Waals surface area contributed by atoms with E-state index in [1.165, 1.54) is 31.5 Å². The maximum absolute atomic E-state index is 12.2. The van der Waals surface area contributed by atoms with Crippen LogP contribution in [0.25, 0.3) is 0 Å². The molecule has 0 aliphatic rings. The molecule has 1 heterocycles. The molecule has 20 heavy (non-hydrogen) atoms. The highest BCUT2D eigenvalue weighted by Gasteiger charge is 2.21. The Morgan fingerprint density at radius 3 is 2.70 bits per heavy atom. The molecule has 0 saturated carbocycles.